The number of piperazine rings is 1. The number of carboxylic acids is 1. The predicted octanol–water partition coefficient (Wildman–Crippen LogP) is -0.278. The number of amides is 3. The van der Waals surface area contributed by atoms with Crippen LogP contribution in [0.15, 0.2) is 0 Å². The molecule has 0 aromatic carbocycles. The van der Waals surface area contributed by atoms with Gasteiger partial charge in [0.1, 0.15) is 12.6 Å². The summed E-state index contributed by atoms with van der Waals surface area (Å²) in [6.45, 7) is 5.73. The topological polar surface area (TPSA) is 90.0 Å². The summed E-state index contributed by atoms with van der Waals surface area (Å²) in [5.74, 6) is -1.44. The highest BCUT2D eigenvalue weighted by Crippen LogP contribution is 2.11. The molecule has 1 aliphatic heterocycles. The lowest BCUT2D eigenvalue weighted by Crippen LogP contribution is -2.62. The SMILES string of the molecule is CCN(C(=O)N1CC(=O)NCC1C(=O)O)C(C)C. The molecule has 0 bridgehead atoms. The molecule has 18 heavy (non-hydrogen) atoms. The van der Waals surface area contributed by atoms with Crippen LogP contribution >= 0.6 is 0 Å². The Morgan fingerprint density at radius 3 is 2.61 bits per heavy atom. The summed E-state index contributed by atoms with van der Waals surface area (Å²) in [7, 11) is 0. The van der Waals surface area contributed by atoms with E-state index in [4.69, 9.17) is 5.11 Å². The number of carbonyl (C=O) groups is 3. The standard InChI is InChI=1S/C11H19N3O4/c1-4-13(7(2)3)11(18)14-6-9(15)12-5-8(14)10(16)17/h7-8H,4-6H2,1-3H3,(H,12,15)(H,16,17). The Balaban J connectivity index is 2.90. The summed E-state index contributed by atoms with van der Waals surface area (Å²) in [4.78, 5) is 37.3. The highest BCUT2D eigenvalue weighted by Gasteiger charge is 2.37. The van der Waals surface area contributed by atoms with Gasteiger partial charge in [0.05, 0.1) is 0 Å². The predicted molar refractivity (Wildman–Crippen MR) is 64.1 cm³/mol. The van der Waals surface area contributed by atoms with E-state index in [-0.39, 0.29) is 25.0 Å². The average molecular weight is 257 g/mol. The van der Waals surface area contributed by atoms with Gasteiger partial charge in [0.2, 0.25) is 5.91 Å². The van der Waals surface area contributed by atoms with E-state index in [9.17, 15) is 14.4 Å². The van der Waals surface area contributed by atoms with Crippen LogP contribution in [-0.2, 0) is 9.59 Å². The van der Waals surface area contributed by atoms with E-state index < -0.39 is 18.0 Å². The van der Waals surface area contributed by atoms with Gasteiger partial charge in [0.25, 0.3) is 0 Å². The molecule has 1 saturated heterocycles. The minimum absolute atomic E-state index is 0.0399. The van der Waals surface area contributed by atoms with Crippen molar-refractivity contribution >= 4 is 17.9 Å². The fourth-order valence-electron chi connectivity index (χ4n) is 1.95. The molecule has 3 amide bonds. The molecule has 0 radical (unpaired) electrons. The van der Waals surface area contributed by atoms with Crippen molar-refractivity contribution < 1.29 is 19.5 Å². The molecule has 7 nitrogen and oxygen atoms in total. The smallest absolute Gasteiger partial charge is 0.328 e. The molecular weight excluding hydrogens is 238 g/mol. The number of carbonyl (C=O) groups excluding carboxylic acids is 2. The Labute approximate surface area is 106 Å². The monoisotopic (exact) mass is 257 g/mol. The first-order valence-electron chi connectivity index (χ1n) is 5.95. The summed E-state index contributed by atoms with van der Waals surface area (Å²) < 4.78 is 0. The van der Waals surface area contributed by atoms with Gasteiger partial charge in [-0.25, -0.2) is 9.59 Å². The number of rotatable bonds is 3. The van der Waals surface area contributed by atoms with Crippen LogP contribution in [0.5, 0.6) is 0 Å². The van der Waals surface area contributed by atoms with Gasteiger partial charge >= 0.3 is 12.0 Å². The minimum atomic E-state index is -1.11. The van der Waals surface area contributed by atoms with Crippen molar-refractivity contribution in [1.29, 1.82) is 0 Å². The molecular formula is C11H19N3O4. The third-order valence-corrected chi connectivity index (χ3v) is 2.92. The zero-order valence-electron chi connectivity index (χ0n) is 10.8. The van der Waals surface area contributed by atoms with Gasteiger partial charge in [0, 0.05) is 19.1 Å². The van der Waals surface area contributed by atoms with Gasteiger partial charge < -0.3 is 15.3 Å². The molecule has 7 heteroatoms. The molecule has 1 rings (SSSR count). The van der Waals surface area contributed by atoms with Gasteiger partial charge in [-0.1, -0.05) is 0 Å². The number of aliphatic carboxylic acids is 1. The fraction of sp³-hybridized carbons (Fsp3) is 0.727. The Kier molecular flexibility index (Phi) is 4.52. The molecule has 1 heterocycles. The van der Waals surface area contributed by atoms with Crippen LogP contribution in [0.2, 0.25) is 0 Å². The summed E-state index contributed by atoms with van der Waals surface area (Å²) in [6.07, 6.45) is 0. The van der Waals surface area contributed by atoms with Crippen molar-refractivity contribution in [3.8, 4) is 0 Å². The number of hydrogen-bond acceptors (Lipinski definition) is 3. The van der Waals surface area contributed by atoms with E-state index in [1.54, 1.807) is 0 Å². The zero-order chi connectivity index (χ0) is 13.9. The summed E-state index contributed by atoms with van der Waals surface area (Å²) in [5, 5.41) is 11.5. The highest BCUT2D eigenvalue weighted by atomic mass is 16.4. The number of carboxylic acid groups (broad SMARTS) is 1. The Morgan fingerprint density at radius 2 is 2.17 bits per heavy atom. The largest absolute Gasteiger partial charge is 0.480 e. The van der Waals surface area contributed by atoms with Gasteiger partial charge in [0.15, 0.2) is 0 Å². The first kappa shape index (κ1) is 14.3. The van der Waals surface area contributed by atoms with Gasteiger partial charge in [-0.05, 0) is 20.8 Å². The summed E-state index contributed by atoms with van der Waals surface area (Å²) in [6, 6.07) is -1.44. The second-order valence-electron chi connectivity index (χ2n) is 4.45. The second kappa shape index (κ2) is 5.70. The van der Waals surface area contributed by atoms with Crippen molar-refractivity contribution in [1.82, 2.24) is 15.1 Å². The van der Waals surface area contributed by atoms with Crippen LogP contribution < -0.4 is 5.32 Å². The maximum atomic E-state index is 12.2. The van der Waals surface area contributed by atoms with Crippen molar-refractivity contribution in [2.24, 2.45) is 0 Å². The quantitative estimate of drug-likeness (QED) is 0.727. The van der Waals surface area contributed by atoms with Crippen LogP contribution in [0.4, 0.5) is 4.79 Å². The van der Waals surface area contributed by atoms with Crippen LogP contribution in [0, 0.1) is 0 Å². The number of hydrogen-bond donors (Lipinski definition) is 2. The lowest BCUT2D eigenvalue weighted by molar-refractivity contribution is -0.144. The third kappa shape index (κ3) is 2.91. The molecule has 0 aliphatic carbocycles. The van der Waals surface area contributed by atoms with Crippen LogP contribution in [0.25, 0.3) is 0 Å². The molecule has 1 fully saturated rings. The van der Waals surface area contributed by atoms with Gasteiger partial charge in [-0.2, -0.15) is 0 Å². The molecule has 0 aromatic rings. The molecule has 1 aliphatic rings. The number of urea groups is 1. The first-order valence-corrected chi connectivity index (χ1v) is 5.95. The van der Waals surface area contributed by atoms with Gasteiger partial charge in [-0.3, -0.25) is 9.69 Å². The maximum Gasteiger partial charge on any atom is 0.328 e. The second-order valence-corrected chi connectivity index (χ2v) is 4.45. The molecule has 2 N–H and O–H groups in total. The first-order chi connectivity index (χ1) is 8.38. The molecule has 0 spiro atoms. The molecule has 102 valence electrons. The molecule has 1 unspecified atom stereocenters. The Hall–Kier alpha value is -1.79. The van der Waals surface area contributed by atoms with Crippen LogP contribution in [-0.4, -0.2) is 64.5 Å². The van der Waals surface area contributed by atoms with Crippen LogP contribution in [0.3, 0.4) is 0 Å². The van der Waals surface area contributed by atoms with E-state index in [1.165, 1.54) is 4.90 Å². The Bertz CT molecular complexity index is 356. The lowest BCUT2D eigenvalue weighted by Gasteiger charge is -2.37. The van der Waals surface area contributed by atoms with Crippen molar-refractivity contribution in [2.45, 2.75) is 32.9 Å². The van der Waals surface area contributed by atoms with Gasteiger partial charge in [-0.15, -0.1) is 0 Å². The fourth-order valence-corrected chi connectivity index (χ4v) is 1.95. The molecule has 1 atom stereocenters. The maximum absolute atomic E-state index is 12.2. The number of nitrogens with one attached hydrogen (secondary N) is 1. The summed E-state index contributed by atoms with van der Waals surface area (Å²) in [5.41, 5.74) is 0. The molecule has 0 aromatic heterocycles. The van der Waals surface area contributed by atoms with Crippen molar-refractivity contribution in [3.63, 3.8) is 0 Å². The zero-order valence-corrected chi connectivity index (χ0v) is 10.8. The Morgan fingerprint density at radius 1 is 1.56 bits per heavy atom. The molecule has 0 saturated carbocycles. The minimum Gasteiger partial charge on any atom is -0.480 e. The summed E-state index contributed by atoms with van der Waals surface area (Å²) >= 11 is 0. The van der Waals surface area contributed by atoms with E-state index in [2.05, 4.69) is 5.32 Å². The highest BCUT2D eigenvalue weighted by molar-refractivity contribution is 5.90. The van der Waals surface area contributed by atoms with Crippen LogP contribution in [0.1, 0.15) is 20.8 Å². The van der Waals surface area contributed by atoms with Crippen molar-refractivity contribution in [3.05, 3.63) is 0 Å². The average Bonchev–Trinajstić information content (AvgIpc) is 2.28. The lowest BCUT2D eigenvalue weighted by atomic mass is 10.2. The third-order valence-electron chi connectivity index (χ3n) is 2.92. The van der Waals surface area contributed by atoms with E-state index in [0.717, 1.165) is 4.90 Å². The van der Waals surface area contributed by atoms with E-state index >= 15 is 0 Å². The van der Waals surface area contributed by atoms with E-state index in [0.29, 0.717) is 6.54 Å². The van der Waals surface area contributed by atoms with E-state index in [1.807, 2.05) is 20.8 Å². The number of nitrogens with zero attached hydrogens (tertiary/aromatic N) is 2. The normalized spacial score (nSPS) is 19.7. The van der Waals surface area contributed by atoms with Crippen molar-refractivity contribution in [2.75, 3.05) is 19.6 Å².